The Balaban J connectivity index is 2.52. The molecule has 1 aromatic rings. The molecular weight excluding hydrogens is 198 g/mol. The molecule has 0 aliphatic heterocycles. The van der Waals surface area contributed by atoms with Crippen molar-refractivity contribution in [2.24, 2.45) is 0 Å². The van der Waals surface area contributed by atoms with Crippen LogP contribution in [-0.4, -0.2) is 23.8 Å². The summed E-state index contributed by atoms with van der Waals surface area (Å²) in [5.41, 5.74) is 1.34. The number of nitrogens with one attached hydrogen (secondary N) is 1. The van der Waals surface area contributed by atoms with Gasteiger partial charge in [-0.2, -0.15) is 0 Å². The SMILES string of the molecule is CC(C)NC(CO)CC(C)c1ccccc1. The Morgan fingerprint density at radius 3 is 2.25 bits per heavy atom. The van der Waals surface area contributed by atoms with Crippen molar-refractivity contribution < 1.29 is 5.11 Å². The summed E-state index contributed by atoms with van der Waals surface area (Å²) in [6, 6.07) is 11.1. The van der Waals surface area contributed by atoms with Crippen molar-refractivity contribution >= 4 is 0 Å². The van der Waals surface area contributed by atoms with Crippen molar-refractivity contribution in [1.29, 1.82) is 0 Å². The van der Waals surface area contributed by atoms with Crippen LogP contribution in [0.5, 0.6) is 0 Å². The quantitative estimate of drug-likeness (QED) is 0.773. The normalized spacial score (nSPS) is 15.1. The highest BCUT2D eigenvalue weighted by atomic mass is 16.3. The lowest BCUT2D eigenvalue weighted by molar-refractivity contribution is 0.223. The molecule has 2 atom stereocenters. The highest BCUT2D eigenvalue weighted by Crippen LogP contribution is 2.20. The van der Waals surface area contributed by atoms with E-state index in [1.165, 1.54) is 5.56 Å². The van der Waals surface area contributed by atoms with E-state index < -0.39 is 0 Å². The fourth-order valence-corrected chi connectivity index (χ4v) is 2.01. The number of aliphatic hydroxyl groups excluding tert-OH is 1. The van der Waals surface area contributed by atoms with Gasteiger partial charge in [-0.25, -0.2) is 0 Å². The van der Waals surface area contributed by atoms with E-state index in [2.05, 4.69) is 50.4 Å². The van der Waals surface area contributed by atoms with E-state index in [9.17, 15) is 5.11 Å². The molecule has 2 unspecified atom stereocenters. The summed E-state index contributed by atoms with van der Waals surface area (Å²) < 4.78 is 0. The van der Waals surface area contributed by atoms with Crippen LogP contribution in [0.25, 0.3) is 0 Å². The van der Waals surface area contributed by atoms with Crippen LogP contribution in [0.3, 0.4) is 0 Å². The zero-order valence-electron chi connectivity index (χ0n) is 10.5. The van der Waals surface area contributed by atoms with Gasteiger partial charge in [0.1, 0.15) is 0 Å². The van der Waals surface area contributed by atoms with Crippen LogP contribution in [0, 0.1) is 0 Å². The Morgan fingerprint density at radius 2 is 1.75 bits per heavy atom. The van der Waals surface area contributed by atoms with Crippen molar-refractivity contribution in [3.8, 4) is 0 Å². The summed E-state index contributed by atoms with van der Waals surface area (Å²) >= 11 is 0. The average Bonchev–Trinajstić information content (AvgIpc) is 2.28. The van der Waals surface area contributed by atoms with Gasteiger partial charge in [0.25, 0.3) is 0 Å². The molecule has 1 rings (SSSR count). The van der Waals surface area contributed by atoms with Crippen molar-refractivity contribution in [2.75, 3.05) is 6.61 Å². The first-order valence-corrected chi connectivity index (χ1v) is 6.05. The van der Waals surface area contributed by atoms with E-state index in [1.54, 1.807) is 0 Å². The Hall–Kier alpha value is -0.860. The van der Waals surface area contributed by atoms with Gasteiger partial charge in [0, 0.05) is 12.1 Å². The molecule has 0 amide bonds. The van der Waals surface area contributed by atoms with E-state index >= 15 is 0 Å². The van der Waals surface area contributed by atoms with E-state index in [0.29, 0.717) is 12.0 Å². The highest BCUT2D eigenvalue weighted by Gasteiger charge is 2.14. The number of aliphatic hydroxyl groups is 1. The van der Waals surface area contributed by atoms with Gasteiger partial charge in [0.2, 0.25) is 0 Å². The van der Waals surface area contributed by atoms with Gasteiger partial charge in [-0.1, -0.05) is 51.1 Å². The van der Waals surface area contributed by atoms with E-state index in [4.69, 9.17) is 0 Å². The van der Waals surface area contributed by atoms with Crippen LogP contribution in [0.2, 0.25) is 0 Å². The molecule has 2 heteroatoms. The predicted octanol–water partition coefficient (Wildman–Crippen LogP) is 2.54. The molecule has 0 spiro atoms. The summed E-state index contributed by atoms with van der Waals surface area (Å²) in [4.78, 5) is 0. The second-order valence-corrected chi connectivity index (χ2v) is 4.75. The maximum Gasteiger partial charge on any atom is 0.0584 e. The minimum Gasteiger partial charge on any atom is -0.395 e. The van der Waals surface area contributed by atoms with Crippen molar-refractivity contribution in [1.82, 2.24) is 5.32 Å². The molecule has 2 N–H and O–H groups in total. The maximum absolute atomic E-state index is 9.31. The van der Waals surface area contributed by atoms with Crippen molar-refractivity contribution in [3.05, 3.63) is 35.9 Å². The summed E-state index contributed by atoms with van der Waals surface area (Å²) in [6.07, 6.45) is 0.971. The maximum atomic E-state index is 9.31. The third kappa shape index (κ3) is 4.33. The Morgan fingerprint density at radius 1 is 1.12 bits per heavy atom. The van der Waals surface area contributed by atoms with Crippen LogP contribution in [-0.2, 0) is 0 Å². The topological polar surface area (TPSA) is 32.3 Å². The van der Waals surface area contributed by atoms with Gasteiger partial charge in [0.15, 0.2) is 0 Å². The molecule has 0 aromatic heterocycles. The fourth-order valence-electron chi connectivity index (χ4n) is 2.01. The van der Waals surface area contributed by atoms with Gasteiger partial charge in [-0.15, -0.1) is 0 Å². The van der Waals surface area contributed by atoms with Crippen molar-refractivity contribution in [2.45, 2.75) is 45.2 Å². The third-order valence-corrected chi connectivity index (χ3v) is 2.80. The van der Waals surface area contributed by atoms with E-state index in [0.717, 1.165) is 6.42 Å². The monoisotopic (exact) mass is 221 g/mol. The second kappa shape index (κ2) is 6.66. The minimum atomic E-state index is 0.190. The van der Waals surface area contributed by atoms with E-state index in [1.807, 2.05) is 6.07 Å². The predicted molar refractivity (Wildman–Crippen MR) is 68.6 cm³/mol. The molecule has 0 saturated carbocycles. The van der Waals surface area contributed by atoms with Gasteiger partial charge < -0.3 is 10.4 Å². The highest BCUT2D eigenvalue weighted by molar-refractivity contribution is 5.18. The zero-order valence-corrected chi connectivity index (χ0v) is 10.5. The van der Waals surface area contributed by atoms with Crippen molar-refractivity contribution in [3.63, 3.8) is 0 Å². The number of hydrogen-bond donors (Lipinski definition) is 2. The largest absolute Gasteiger partial charge is 0.395 e. The van der Waals surface area contributed by atoms with Crippen LogP contribution in [0.4, 0.5) is 0 Å². The van der Waals surface area contributed by atoms with Gasteiger partial charge >= 0.3 is 0 Å². The first-order valence-electron chi connectivity index (χ1n) is 6.05. The van der Waals surface area contributed by atoms with Crippen LogP contribution >= 0.6 is 0 Å². The number of benzene rings is 1. The lowest BCUT2D eigenvalue weighted by Gasteiger charge is -2.22. The molecule has 1 aromatic carbocycles. The van der Waals surface area contributed by atoms with Gasteiger partial charge in [-0.3, -0.25) is 0 Å². The zero-order chi connectivity index (χ0) is 12.0. The summed E-state index contributed by atoms with van der Waals surface area (Å²) in [7, 11) is 0. The molecule has 0 aliphatic carbocycles. The van der Waals surface area contributed by atoms with Crippen LogP contribution in [0.1, 0.15) is 38.7 Å². The molecule has 0 fully saturated rings. The Bertz CT molecular complexity index is 284. The molecule has 90 valence electrons. The molecule has 2 nitrogen and oxygen atoms in total. The van der Waals surface area contributed by atoms with E-state index in [-0.39, 0.29) is 12.6 Å². The fraction of sp³-hybridized carbons (Fsp3) is 0.571. The second-order valence-electron chi connectivity index (χ2n) is 4.75. The van der Waals surface area contributed by atoms with Gasteiger partial charge in [-0.05, 0) is 17.9 Å². The first kappa shape index (κ1) is 13.2. The molecule has 0 heterocycles. The average molecular weight is 221 g/mol. The lowest BCUT2D eigenvalue weighted by Crippen LogP contribution is -2.38. The Kier molecular flexibility index (Phi) is 5.50. The minimum absolute atomic E-state index is 0.190. The summed E-state index contributed by atoms with van der Waals surface area (Å²) in [5.74, 6) is 0.476. The van der Waals surface area contributed by atoms with Crippen LogP contribution < -0.4 is 5.32 Å². The summed E-state index contributed by atoms with van der Waals surface area (Å²) in [5, 5.41) is 12.7. The standard InChI is InChI=1S/C14H23NO/c1-11(2)15-14(10-16)9-12(3)13-7-5-4-6-8-13/h4-8,11-12,14-16H,9-10H2,1-3H3. The lowest BCUT2D eigenvalue weighted by atomic mass is 9.94. The smallest absolute Gasteiger partial charge is 0.0584 e. The molecular formula is C14H23NO. The van der Waals surface area contributed by atoms with Crippen LogP contribution in [0.15, 0.2) is 30.3 Å². The third-order valence-electron chi connectivity index (χ3n) is 2.80. The number of rotatable bonds is 6. The van der Waals surface area contributed by atoms with Gasteiger partial charge in [0.05, 0.1) is 6.61 Å². The summed E-state index contributed by atoms with van der Waals surface area (Å²) in [6.45, 7) is 6.63. The molecule has 0 aliphatic rings. The molecule has 16 heavy (non-hydrogen) atoms. The Labute approximate surface area is 98.7 Å². The molecule has 0 bridgehead atoms. The number of hydrogen-bond acceptors (Lipinski definition) is 2. The molecule has 0 radical (unpaired) electrons. The first-order chi connectivity index (χ1) is 7.63. The molecule has 0 saturated heterocycles.